The number of rotatable bonds is 2. The van der Waals surface area contributed by atoms with E-state index in [0.717, 1.165) is 44.3 Å². The van der Waals surface area contributed by atoms with Crippen LogP contribution in [0.25, 0.3) is 0 Å². The lowest BCUT2D eigenvalue weighted by Crippen LogP contribution is -2.37. The molecule has 1 aliphatic heterocycles. The van der Waals surface area contributed by atoms with E-state index in [1.54, 1.807) is 12.1 Å². The van der Waals surface area contributed by atoms with Crippen molar-refractivity contribution in [3.63, 3.8) is 0 Å². The molecule has 0 atom stereocenters. The van der Waals surface area contributed by atoms with Gasteiger partial charge in [0, 0.05) is 13.1 Å². The standard InChI is InChI=1S/C14H16FNO/c15-12-5-3-11(4-6-12)14(7-8-14)13(17)16-9-1-2-10-16/h3-6H,1-2,7-10H2. The van der Waals surface area contributed by atoms with Crippen molar-refractivity contribution in [3.8, 4) is 0 Å². The molecule has 17 heavy (non-hydrogen) atoms. The Labute approximate surface area is 100 Å². The number of carbonyl (C=O) groups is 1. The predicted molar refractivity (Wildman–Crippen MR) is 63.1 cm³/mol. The highest BCUT2D eigenvalue weighted by Crippen LogP contribution is 2.49. The minimum atomic E-state index is -0.321. The first-order valence-electron chi connectivity index (χ1n) is 6.28. The molecule has 2 nitrogen and oxygen atoms in total. The third kappa shape index (κ3) is 1.74. The summed E-state index contributed by atoms with van der Waals surface area (Å²) in [5.74, 6) is 0.0137. The topological polar surface area (TPSA) is 20.3 Å². The molecule has 1 saturated heterocycles. The van der Waals surface area contributed by atoms with E-state index in [1.165, 1.54) is 12.1 Å². The molecule has 1 aromatic carbocycles. The fourth-order valence-electron chi connectivity index (χ4n) is 2.74. The molecule has 0 radical (unpaired) electrons. The fourth-order valence-corrected chi connectivity index (χ4v) is 2.74. The molecule has 3 heteroatoms. The Hall–Kier alpha value is -1.38. The first kappa shape index (κ1) is 10.8. The van der Waals surface area contributed by atoms with Crippen molar-refractivity contribution in [3.05, 3.63) is 35.6 Å². The zero-order valence-corrected chi connectivity index (χ0v) is 9.79. The highest BCUT2D eigenvalue weighted by Gasteiger charge is 2.53. The van der Waals surface area contributed by atoms with Crippen molar-refractivity contribution >= 4 is 5.91 Å². The molecule has 2 fully saturated rings. The molecule has 0 N–H and O–H groups in total. The molecule has 1 heterocycles. The summed E-state index contributed by atoms with van der Waals surface area (Å²) < 4.78 is 12.9. The van der Waals surface area contributed by atoms with Gasteiger partial charge in [0.2, 0.25) is 5.91 Å². The van der Waals surface area contributed by atoms with Gasteiger partial charge in [-0.05, 0) is 43.4 Å². The number of carbonyl (C=O) groups excluding carboxylic acids is 1. The van der Waals surface area contributed by atoms with Crippen LogP contribution in [0.1, 0.15) is 31.2 Å². The number of nitrogens with zero attached hydrogens (tertiary/aromatic N) is 1. The molecule has 1 saturated carbocycles. The van der Waals surface area contributed by atoms with Gasteiger partial charge in [0.05, 0.1) is 5.41 Å². The molecular formula is C14H16FNO. The van der Waals surface area contributed by atoms with Crippen molar-refractivity contribution < 1.29 is 9.18 Å². The van der Waals surface area contributed by atoms with Gasteiger partial charge in [-0.2, -0.15) is 0 Å². The van der Waals surface area contributed by atoms with Gasteiger partial charge in [-0.1, -0.05) is 12.1 Å². The molecule has 0 spiro atoms. The summed E-state index contributed by atoms with van der Waals surface area (Å²) in [5.41, 5.74) is 0.661. The predicted octanol–water partition coefficient (Wildman–Crippen LogP) is 2.48. The molecule has 1 aliphatic carbocycles. The molecule has 0 aromatic heterocycles. The lowest BCUT2D eigenvalue weighted by Gasteiger charge is -2.23. The minimum absolute atomic E-state index is 0.238. The Morgan fingerprint density at radius 3 is 2.24 bits per heavy atom. The second kappa shape index (κ2) is 3.83. The molecule has 1 aromatic rings. The lowest BCUT2D eigenvalue weighted by atomic mass is 9.94. The molecular weight excluding hydrogens is 217 g/mol. The number of benzene rings is 1. The molecule has 2 aliphatic rings. The van der Waals surface area contributed by atoms with Crippen LogP contribution in [0.15, 0.2) is 24.3 Å². The van der Waals surface area contributed by atoms with Gasteiger partial charge in [0.15, 0.2) is 0 Å². The fraction of sp³-hybridized carbons (Fsp3) is 0.500. The molecule has 0 bridgehead atoms. The highest BCUT2D eigenvalue weighted by molar-refractivity contribution is 5.91. The van der Waals surface area contributed by atoms with E-state index in [9.17, 15) is 9.18 Å². The smallest absolute Gasteiger partial charge is 0.233 e. The maximum atomic E-state index is 12.9. The zero-order valence-electron chi connectivity index (χ0n) is 9.79. The van der Waals surface area contributed by atoms with Crippen LogP contribution < -0.4 is 0 Å². The van der Waals surface area contributed by atoms with Gasteiger partial charge >= 0.3 is 0 Å². The van der Waals surface area contributed by atoms with Crippen molar-refractivity contribution in [1.82, 2.24) is 4.90 Å². The molecule has 0 unspecified atom stereocenters. The van der Waals surface area contributed by atoms with Crippen LogP contribution in [0, 0.1) is 5.82 Å². The second-order valence-corrected chi connectivity index (χ2v) is 5.09. The molecule has 90 valence electrons. The van der Waals surface area contributed by atoms with Crippen LogP contribution >= 0.6 is 0 Å². The van der Waals surface area contributed by atoms with Crippen molar-refractivity contribution in [2.45, 2.75) is 31.1 Å². The van der Waals surface area contributed by atoms with Gasteiger partial charge in [0.1, 0.15) is 5.82 Å². The van der Waals surface area contributed by atoms with E-state index in [-0.39, 0.29) is 17.1 Å². The third-order valence-electron chi connectivity index (χ3n) is 3.95. The monoisotopic (exact) mass is 233 g/mol. The van der Waals surface area contributed by atoms with E-state index in [4.69, 9.17) is 0 Å². The summed E-state index contributed by atoms with van der Waals surface area (Å²) in [7, 11) is 0. The Bertz CT molecular complexity index is 430. The summed E-state index contributed by atoms with van der Waals surface area (Å²) in [6.07, 6.45) is 4.05. The number of hydrogen-bond donors (Lipinski definition) is 0. The van der Waals surface area contributed by atoms with Crippen LogP contribution in [0.3, 0.4) is 0 Å². The van der Waals surface area contributed by atoms with Crippen LogP contribution in [0.5, 0.6) is 0 Å². The maximum absolute atomic E-state index is 12.9. The van der Waals surface area contributed by atoms with Crippen LogP contribution in [0.2, 0.25) is 0 Å². The average molecular weight is 233 g/mol. The van der Waals surface area contributed by atoms with E-state index >= 15 is 0 Å². The third-order valence-corrected chi connectivity index (χ3v) is 3.95. The minimum Gasteiger partial charge on any atom is -0.342 e. The number of halogens is 1. The molecule has 1 amide bonds. The summed E-state index contributed by atoms with van der Waals surface area (Å²) in [5, 5.41) is 0. The summed E-state index contributed by atoms with van der Waals surface area (Å²) in [6.45, 7) is 1.78. The first-order chi connectivity index (χ1) is 8.22. The second-order valence-electron chi connectivity index (χ2n) is 5.09. The van der Waals surface area contributed by atoms with Gasteiger partial charge in [-0.3, -0.25) is 4.79 Å². The van der Waals surface area contributed by atoms with Crippen molar-refractivity contribution in [2.24, 2.45) is 0 Å². The first-order valence-corrected chi connectivity index (χ1v) is 6.28. The van der Waals surface area contributed by atoms with Crippen LogP contribution in [0.4, 0.5) is 4.39 Å². The summed E-state index contributed by atoms with van der Waals surface area (Å²) in [4.78, 5) is 14.4. The van der Waals surface area contributed by atoms with Crippen LogP contribution in [-0.2, 0) is 10.2 Å². The largest absolute Gasteiger partial charge is 0.342 e. The Kier molecular flexibility index (Phi) is 2.42. The van der Waals surface area contributed by atoms with E-state index in [2.05, 4.69) is 0 Å². The van der Waals surface area contributed by atoms with Crippen molar-refractivity contribution in [2.75, 3.05) is 13.1 Å². The molecule has 3 rings (SSSR count). The quantitative estimate of drug-likeness (QED) is 0.768. The number of likely N-dealkylation sites (tertiary alicyclic amines) is 1. The van der Waals surface area contributed by atoms with Gasteiger partial charge in [-0.25, -0.2) is 4.39 Å². The summed E-state index contributed by atoms with van der Waals surface area (Å²) in [6, 6.07) is 6.42. The van der Waals surface area contributed by atoms with E-state index in [1.807, 2.05) is 4.90 Å². The van der Waals surface area contributed by atoms with Crippen molar-refractivity contribution in [1.29, 1.82) is 0 Å². The van der Waals surface area contributed by atoms with Gasteiger partial charge in [0.25, 0.3) is 0 Å². The zero-order chi connectivity index (χ0) is 11.9. The van der Waals surface area contributed by atoms with E-state index < -0.39 is 0 Å². The van der Waals surface area contributed by atoms with E-state index in [0.29, 0.717) is 0 Å². The Morgan fingerprint density at radius 2 is 1.71 bits per heavy atom. The normalized spacial score (nSPS) is 21.6. The Morgan fingerprint density at radius 1 is 1.12 bits per heavy atom. The lowest BCUT2D eigenvalue weighted by molar-refractivity contribution is -0.132. The number of amides is 1. The SMILES string of the molecule is O=C(N1CCCC1)C1(c2ccc(F)cc2)CC1. The van der Waals surface area contributed by atoms with Crippen LogP contribution in [-0.4, -0.2) is 23.9 Å². The Balaban J connectivity index is 1.85. The highest BCUT2D eigenvalue weighted by atomic mass is 19.1. The van der Waals surface area contributed by atoms with Gasteiger partial charge < -0.3 is 4.90 Å². The van der Waals surface area contributed by atoms with Gasteiger partial charge in [-0.15, -0.1) is 0 Å². The maximum Gasteiger partial charge on any atom is 0.233 e. The summed E-state index contributed by atoms with van der Waals surface area (Å²) >= 11 is 0. The average Bonchev–Trinajstić information content (AvgIpc) is 2.97. The number of hydrogen-bond acceptors (Lipinski definition) is 1.